The van der Waals surface area contributed by atoms with Crippen LogP contribution in [0.4, 0.5) is 0 Å². The summed E-state index contributed by atoms with van der Waals surface area (Å²) in [4.78, 5) is 11.4. The molecule has 0 unspecified atom stereocenters. The van der Waals surface area contributed by atoms with Crippen LogP contribution in [0.2, 0.25) is 0 Å². The molecule has 0 fully saturated rings. The second-order valence-electron chi connectivity index (χ2n) is 6.19. The highest BCUT2D eigenvalue weighted by Gasteiger charge is 2.08. The quantitative estimate of drug-likeness (QED) is 0.414. The maximum absolute atomic E-state index is 11.4. The fraction of sp³-hybridized carbons (Fsp3) is 0.318. The molecule has 0 saturated heterocycles. The first-order chi connectivity index (χ1) is 12.5. The Labute approximate surface area is 155 Å². The van der Waals surface area contributed by atoms with Gasteiger partial charge in [0.2, 0.25) is 0 Å². The fourth-order valence-corrected chi connectivity index (χ4v) is 2.56. The van der Waals surface area contributed by atoms with Crippen LogP contribution in [0.15, 0.2) is 54.6 Å². The van der Waals surface area contributed by atoms with Gasteiger partial charge in [0.05, 0.1) is 6.61 Å². The molecule has 0 atom stereocenters. The molecule has 0 aliphatic carbocycles. The van der Waals surface area contributed by atoms with Gasteiger partial charge in [0.1, 0.15) is 19.0 Å². The Hall–Kier alpha value is -2.59. The Balaban J connectivity index is 2.11. The molecule has 2 aromatic rings. The average Bonchev–Trinajstić information content (AvgIpc) is 2.66. The summed E-state index contributed by atoms with van der Waals surface area (Å²) >= 11 is 0. The average molecular weight is 354 g/mol. The number of ether oxygens (including phenoxy) is 2. The molecule has 2 aromatic carbocycles. The SMILES string of the molecule is C=C(C)C(=O)OCCOc1cc(-c2ccc(CO)cc2)ccc1CCC. The largest absolute Gasteiger partial charge is 0.490 e. The molecule has 0 aliphatic rings. The van der Waals surface area contributed by atoms with E-state index in [1.165, 1.54) is 0 Å². The number of carbonyl (C=O) groups is 1. The number of carbonyl (C=O) groups excluding carboxylic acids is 1. The van der Waals surface area contributed by atoms with Crippen molar-refractivity contribution in [2.24, 2.45) is 0 Å². The van der Waals surface area contributed by atoms with Gasteiger partial charge in [0, 0.05) is 5.57 Å². The van der Waals surface area contributed by atoms with E-state index < -0.39 is 5.97 Å². The molecule has 0 radical (unpaired) electrons. The van der Waals surface area contributed by atoms with E-state index in [-0.39, 0.29) is 13.2 Å². The van der Waals surface area contributed by atoms with Gasteiger partial charge in [-0.1, -0.05) is 56.3 Å². The predicted octanol–water partition coefficient (Wildman–Crippen LogP) is 4.30. The van der Waals surface area contributed by atoms with Crippen molar-refractivity contribution >= 4 is 5.97 Å². The number of aliphatic hydroxyl groups excluding tert-OH is 1. The molecule has 1 N–H and O–H groups in total. The standard InChI is InChI=1S/C22H26O4/c1-4-5-19-10-11-20(18-8-6-17(15-23)7-9-18)14-21(19)25-12-13-26-22(24)16(2)3/h6-11,14,23H,2,4-5,12-13,15H2,1,3H3. The van der Waals surface area contributed by atoms with Gasteiger partial charge < -0.3 is 14.6 Å². The number of aryl methyl sites for hydroxylation is 1. The highest BCUT2D eigenvalue weighted by molar-refractivity contribution is 5.86. The van der Waals surface area contributed by atoms with E-state index in [0.717, 1.165) is 40.8 Å². The molecule has 0 saturated carbocycles. The molecule has 0 aliphatic heterocycles. The minimum atomic E-state index is -0.403. The van der Waals surface area contributed by atoms with Gasteiger partial charge in [-0.2, -0.15) is 0 Å². The van der Waals surface area contributed by atoms with E-state index in [2.05, 4.69) is 25.6 Å². The lowest BCUT2D eigenvalue weighted by Gasteiger charge is -2.14. The van der Waals surface area contributed by atoms with Crippen LogP contribution in [0, 0.1) is 0 Å². The zero-order valence-corrected chi connectivity index (χ0v) is 15.5. The third-order valence-corrected chi connectivity index (χ3v) is 3.98. The molecule has 0 aromatic heterocycles. The third-order valence-electron chi connectivity index (χ3n) is 3.98. The lowest BCUT2D eigenvalue weighted by atomic mass is 10.0. The number of rotatable bonds is 9. The third kappa shape index (κ3) is 5.46. The topological polar surface area (TPSA) is 55.8 Å². The minimum Gasteiger partial charge on any atom is -0.490 e. The Bertz CT molecular complexity index is 747. The van der Waals surface area contributed by atoms with Crippen molar-refractivity contribution < 1.29 is 19.4 Å². The fourth-order valence-electron chi connectivity index (χ4n) is 2.56. The highest BCUT2D eigenvalue weighted by atomic mass is 16.6. The molecule has 26 heavy (non-hydrogen) atoms. The van der Waals surface area contributed by atoms with Crippen LogP contribution < -0.4 is 4.74 Å². The first-order valence-electron chi connectivity index (χ1n) is 8.83. The second-order valence-corrected chi connectivity index (χ2v) is 6.19. The first-order valence-corrected chi connectivity index (χ1v) is 8.83. The Morgan fingerprint density at radius 2 is 1.77 bits per heavy atom. The van der Waals surface area contributed by atoms with Crippen LogP contribution in [0.5, 0.6) is 5.75 Å². The smallest absolute Gasteiger partial charge is 0.333 e. The summed E-state index contributed by atoms with van der Waals surface area (Å²) in [6.45, 7) is 7.82. The van der Waals surface area contributed by atoms with Crippen molar-refractivity contribution in [3.8, 4) is 16.9 Å². The van der Waals surface area contributed by atoms with Gasteiger partial charge >= 0.3 is 5.97 Å². The zero-order chi connectivity index (χ0) is 18.9. The van der Waals surface area contributed by atoms with Crippen molar-refractivity contribution in [1.82, 2.24) is 0 Å². The van der Waals surface area contributed by atoms with Crippen LogP contribution in [-0.2, 0) is 22.6 Å². The highest BCUT2D eigenvalue weighted by Crippen LogP contribution is 2.28. The van der Waals surface area contributed by atoms with E-state index in [0.29, 0.717) is 12.2 Å². The van der Waals surface area contributed by atoms with Gasteiger partial charge in [-0.25, -0.2) is 4.79 Å². The van der Waals surface area contributed by atoms with Crippen molar-refractivity contribution in [2.45, 2.75) is 33.3 Å². The molecule has 0 bridgehead atoms. The molecule has 0 spiro atoms. The summed E-state index contributed by atoms with van der Waals surface area (Å²) in [7, 11) is 0. The molecule has 0 amide bonds. The number of aliphatic hydroxyl groups is 1. The first kappa shape index (κ1) is 19.7. The van der Waals surface area contributed by atoms with E-state index in [9.17, 15) is 9.90 Å². The number of esters is 1. The van der Waals surface area contributed by atoms with Crippen LogP contribution in [0.25, 0.3) is 11.1 Å². The summed E-state index contributed by atoms with van der Waals surface area (Å²) in [6, 6.07) is 14.0. The number of hydrogen-bond donors (Lipinski definition) is 1. The molecule has 2 rings (SSSR count). The number of hydrogen-bond acceptors (Lipinski definition) is 4. The van der Waals surface area contributed by atoms with Crippen molar-refractivity contribution in [3.63, 3.8) is 0 Å². The maximum atomic E-state index is 11.4. The molecule has 0 heterocycles. The Morgan fingerprint density at radius 1 is 1.08 bits per heavy atom. The molecular formula is C22H26O4. The number of benzene rings is 2. The Morgan fingerprint density at radius 3 is 2.38 bits per heavy atom. The normalized spacial score (nSPS) is 10.4. The van der Waals surface area contributed by atoms with Crippen LogP contribution in [-0.4, -0.2) is 24.3 Å². The molecule has 4 nitrogen and oxygen atoms in total. The zero-order valence-electron chi connectivity index (χ0n) is 15.5. The Kier molecular flexibility index (Phi) is 7.42. The van der Waals surface area contributed by atoms with Gasteiger partial charge in [-0.15, -0.1) is 0 Å². The van der Waals surface area contributed by atoms with E-state index in [4.69, 9.17) is 9.47 Å². The van der Waals surface area contributed by atoms with Crippen LogP contribution in [0.1, 0.15) is 31.4 Å². The molecule has 138 valence electrons. The molecule has 4 heteroatoms. The van der Waals surface area contributed by atoms with E-state index in [1.807, 2.05) is 30.3 Å². The van der Waals surface area contributed by atoms with Crippen LogP contribution >= 0.6 is 0 Å². The lowest BCUT2D eigenvalue weighted by Crippen LogP contribution is -2.13. The van der Waals surface area contributed by atoms with Crippen molar-refractivity contribution in [3.05, 3.63) is 65.7 Å². The maximum Gasteiger partial charge on any atom is 0.333 e. The summed E-state index contributed by atoms with van der Waals surface area (Å²) < 4.78 is 11.0. The monoisotopic (exact) mass is 354 g/mol. The summed E-state index contributed by atoms with van der Waals surface area (Å²) in [5.74, 6) is 0.405. The van der Waals surface area contributed by atoms with E-state index >= 15 is 0 Å². The summed E-state index contributed by atoms with van der Waals surface area (Å²) in [6.07, 6.45) is 1.94. The van der Waals surface area contributed by atoms with Crippen molar-refractivity contribution in [1.29, 1.82) is 0 Å². The van der Waals surface area contributed by atoms with Gasteiger partial charge in [0.25, 0.3) is 0 Å². The lowest BCUT2D eigenvalue weighted by molar-refractivity contribution is -0.139. The van der Waals surface area contributed by atoms with Gasteiger partial charge in [0.15, 0.2) is 0 Å². The summed E-state index contributed by atoms with van der Waals surface area (Å²) in [5.41, 5.74) is 4.50. The van der Waals surface area contributed by atoms with Crippen molar-refractivity contribution in [2.75, 3.05) is 13.2 Å². The van der Waals surface area contributed by atoms with Gasteiger partial charge in [-0.3, -0.25) is 0 Å². The molecular weight excluding hydrogens is 328 g/mol. The van der Waals surface area contributed by atoms with Crippen LogP contribution in [0.3, 0.4) is 0 Å². The van der Waals surface area contributed by atoms with Gasteiger partial charge in [-0.05, 0) is 41.7 Å². The van der Waals surface area contributed by atoms with E-state index in [1.54, 1.807) is 6.92 Å². The summed E-state index contributed by atoms with van der Waals surface area (Å²) in [5, 5.41) is 9.17. The second kappa shape index (κ2) is 9.78. The predicted molar refractivity (Wildman–Crippen MR) is 103 cm³/mol. The minimum absolute atomic E-state index is 0.0347.